The van der Waals surface area contributed by atoms with E-state index in [4.69, 9.17) is 5.11 Å². The van der Waals surface area contributed by atoms with Crippen molar-refractivity contribution < 1.29 is 27.9 Å². The van der Waals surface area contributed by atoms with Crippen molar-refractivity contribution >= 4 is 17.1 Å². The third-order valence-corrected chi connectivity index (χ3v) is 4.94. The highest BCUT2D eigenvalue weighted by atomic mass is 32.2. The number of rotatable bonds is 5. The largest absolute Gasteiger partial charge is 0.591 e. The molecule has 0 amide bonds. The number of benzene rings is 1. The minimum absolute atomic E-state index is 0.00190. The third-order valence-electron chi connectivity index (χ3n) is 3.45. The van der Waals surface area contributed by atoms with Gasteiger partial charge in [-0.15, -0.1) is 0 Å². The van der Waals surface area contributed by atoms with Gasteiger partial charge < -0.3 is 14.8 Å². The van der Waals surface area contributed by atoms with E-state index in [9.17, 15) is 22.8 Å². The molecule has 0 saturated carbocycles. The van der Waals surface area contributed by atoms with Gasteiger partial charge >= 0.3 is 5.92 Å². The summed E-state index contributed by atoms with van der Waals surface area (Å²) in [6.45, 7) is 5.88. The van der Waals surface area contributed by atoms with Gasteiger partial charge in [0.25, 0.3) is 0 Å². The van der Waals surface area contributed by atoms with Crippen molar-refractivity contribution in [3.63, 3.8) is 0 Å². The van der Waals surface area contributed by atoms with E-state index in [2.05, 4.69) is 4.40 Å². The highest BCUT2D eigenvalue weighted by molar-refractivity contribution is 7.91. The Kier molecular flexibility index (Phi) is 6.14. The zero-order valence-electron chi connectivity index (χ0n) is 14.2. The van der Waals surface area contributed by atoms with Crippen LogP contribution in [0.5, 0.6) is 0 Å². The molecule has 8 heteroatoms. The zero-order chi connectivity index (χ0) is 18.9. The summed E-state index contributed by atoms with van der Waals surface area (Å²) in [4.78, 5) is 0. The van der Waals surface area contributed by atoms with Crippen molar-refractivity contribution in [2.45, 2.75) is 50.9 Å². The van der Waals surface area contributed by atoms with E-state index in [-0.39, 0.29) is 11.3 Å². The first kappa shape index (κ1) is 21.0. The molecule has 0 saturated heterocycles. The van der Waals surface area contributed by atoms with Crippen LogP contribution >= 0.6 is 0 Å². The van der Waals surface area contributed by atoms with Crippen molar-refractivity contribution in [1.29, 1.82) is 0 Å². The Hall–Kier alpha value is -1.09. The number of hydrogen-bond donors (Lipinski definition) is 2. The monoisotopic (exact) mass is 365 g/mol. The van der Waals surface area contributed by atoms with E-state index in [0.717, 1.165) is 6.07 Å². The van der Waals surface area contributed by atoms with Gasteiger partial charge in [0.1, 0.15) is 21.9 Å². The van der Waals surface area contributed by atoms with Crippen LogP contribution in [0.25, 0.3) is 0 Å². The van der Waals surface area contributed by atoms with Crippen molar-refractivity contribution in [2.24, 2.45) is 4.40 Å². The second-order valence-corrected chi connectivity index (χ2v) is 8.62. The van der Waals surface area contributed by atoms with Gasteiger partial charge in [-0.25, -0.2) is 4.39 Å². The van der Waals surface area contributed by atoms with Crippen LogP contribution < -0.4 is 0 Å². The minimum Gasteiger partial charge on any atom is -0.591 e. The molecule has 0 aliphatic heterocycles. The smallest absolute Gasteiger partial charge is 0.306 e. The Morgan fingerprint density at radius 2 is 1.79 bits per heavy atom. The Morgan fingerprint density at radius 1 is 1.25 bits per heavy atom. The van der Waals surface area contributed by atoms with Crippen LogP contribution in [0.4, 0.5) is 13.2 Å². The fourth-order valence-electron chi connectivity index (χ4n) is 1.75. The molecule has 0 spiro atoms. The summed E-state index contributed by atoms with van der Waals surface area (Å²) in [7, 11) is 0. The van der Waals surface area contributed by atoms with E-state index in [1.807, 2.05) is 0 Å². The summed E-state index contributed by atoms with van der Waals surface area (Å²) in [5.74, 6) is -5.30. The standard InChI is InChI=1S/C16H22F3NO3S/c1-10(20-24(23)14(2,3)4)11-7-6-8-12(13(11)17)16(18,19)15(5,22)9-21/h6-8,21-22H,9H2,1-5H3/b20-10+. The van der Waals surface area contributed by atoms with Crippen molar-refractivity contribution in [3.8, 4) is 0 Å². The van der Waals surface area contributed by atoms with E-state index >= 15 is 0 Å². The molecule has 4 nitrogen and oxygen atoms in total. The molecule has 1 rings (SSSR count). The lowest BCUT2D eigenvalue weighted by Crippen LogP contribution is -2.47. The molecule has 0 bridgehead atoms. The maximum absolute atomic E-state index is 14.6. The number of alkyl halides is 2. The Bertz CT molecular complexity index is 627. The molecule has 136 valence electrons. The molecular weight excluding hydrogens is 343 g/mol. The topological polar surface area (TPSA) is 75.9 Å². The lowest BCUT2D eigenvalue weighted by atomic mass is 9.90. The molecule has 0 aliphatic rings. The highest BCUT2D eigenvalue weighted by Gasteiger charge is 2.52. The first-order valence-electron chi connectivity index (χ1n) is 7.23. The molecule has 0 aromatic heterocycles. The van der Waals surface area contributed by atoms with Gasteiger partial charge in [0, 0.05) is 5.56 Å². The SMILES string of the molecule is C/C(=N\[S+]([O-])C(C)(C)C)c1cccc(C(F)(F)C(C)(O)CO)c1F. The van der Waals surface area contributed by atoms with Crippen molar-refractivity contribution in [1.82, 2.24) is 0 Å². The number of aliphatic hydroxyl groups excluding tert-OH is 1. The van der Waals surface area contributed by atoms with E-state index in [1.54, 1.807) is 20.8 Å². The average molecular weight is 365 g/mol. The maximum atomic E-state index is 14.6. The molecule has 2 N–H and O–H groups in total. The molecular formula is C16H22F3NO3S. The molecule has 2 atom stereocenters. The second-order valence-electron chi connectivity index (χ2n) is 6.71. The fraction of sp³-hybridized carbons (Fsp3) is 0.562. The third kappa shape index (κ3) is 4.11. The van der Waals surface area contributed by atoms with Crippen molar-refractivity contribution in [2.75, 3.05) is 6.61 Å². The van der Waals surface area contributed by atoms with E-state index < -0.39 is 45.6 Å². The fourth-order valence-corrected chi connectivity index (χ4v) is 2.37. The zero-order valence-corrected chi connectivity index (χ0v) is 15.0. The van der Waals surface area contributed by atoms with E-state index in [1.165, 1.54) is 19.1 Å². The summed E-state index contributed by atoms with van der Waals surface area (Å²) in [5, 5.41) is 18.6. The Balaban J connectivity index is 3.40. The van der Waals surface area contributed by atoms with Crippen LogP contribution in [0.2, 0.25) is 0 Å². The first-order chi connectivity index (χ1) is 10.8. The number of aliphatic hydroxyl groups is 2. The van der Waals surface area contributed by atoms with Gasteiger partial charge in [0.05, 0.1) is 17.9 Å². The lowest BCUT2D eigenvalue weighted by Gasteiger charge is -2.31. The predicted octanol–water partition coefficient (Wildman–Crippen LogP) is 2.93. The van der Waals surface area contributed by atoms with Crippen LogP contribution in [0.15, 0.2) is 22.6 Å². The molecule has 1 aromatic rings. The van der Waals surface area contributed by atoms with Gasteiger partial charge in [-0.05, 0) is 40.7 Å². The van der Waals surface area contributed by atoms with E-state index in [0.29, 0.717) is 6.92 Å². The molecule has 0 fully saturated rings. The van der Waals surface area contributed by atoms with Gasteiger partial charge in [0.2, 0.25) is 0 Å². The van der Waals surface area contributed by atoms with Crippen molar-refractivity contribution in [3.05, 3.63) is 35.1 Å². The summed E-state index contributed by atoms with van der Waals surface area (Å²) in [6.07, 6.45) is 0. The summed E-state index contributed by atoms with van der Waals surface area (Å²) >= 11 is -1.68. The summed E-state index contributed by atoms with van der Waals surface area (Å²) < 4.78 is 58.5. The molecule has 0 heterocycles. The Morgan fingerprint density at radius 3 is 2.25 bits per heavy atom. The molecule has 1 aromatic carbocycles. The number of halogens is 3. The van der Waals surface area contributed by atoms with Crippen LogP contribution in [0.3, 0.4) is 0 Å². The molecule has 2 unspecified atom stereocenters. The van der Waals surface area contributed by atoms with Gasteiger partial charge in [-0.2, -0.15) is 8.78 Å². The minimum atomic E-state index is -4.02. The van der Waals surface area contributed by atoms with Gasteiger partial charge in [-0.3, -0.25) is 0 Å². The molecule has 0 aliphatic carbocycles. The first-order valence-corrected chi connectivity index (χ1v) is 8.34. The predicted molar refractivity (Wildman–Crippen MR) is 88.1 cm³/mol. The highest BCUT2D eigenvalue weighted by Crippen LogP contribution is 2.40. The lowest BCUT2D eigenvalue weighted by molar-refractivity contribution is -0.196. The van der Waals surface area contributed by atoms with Crippen LogP contribution in [0, 0.1) is 5.82 Å². The summed E-state index contributed by atoms with van der Waals surface area (Å²) in [5.41, 5.74) is -4.12. The molecule has 24 heavy (non-hydrogen) atoms. The van der Waals surface area contributed by atoms with Crippen LogP contribution in [-0.4, -0.2) is 37.4 Å². The second kappa shape index (κ2) is 7.03. The molecule has 0 radical (unpaired) electrons. The van der Waals surface area contributed by atoms with Crippen LogP contribution in [0.1, 0.15) is 45.7 Å². The quantitative estimate of drug-likeness (QED) is 0.622. The normalized spacial score (nSPS) is 17.5. The summed E-state index contributed by atoms with van der Waals surface area (Å²) in [6, 6.07) is 3.26. The average Bonchev–Trinajstić information content (AvgIpc) is 2.45. The van der Waals surface area contributed by atoms with Gasteiger partial charge in [-0.1, -0.05) is 16.5 Å². The van der Waals surface area contributed by atoms with Gasteiger partial charge in [0.15, 0.2) is 5.60 Å². The van der Waals surface area contributed by atoms with Crippen LogP contribution in [-0.2, 0) is 17.3 Å². The Labute approximate surface area is 142 Å². The maximum Gasteiger partial charge on any atom is 0.306 e. The number of hydrogen-bond acceptors (Lipinski definition) is 4. The number of nitrogens with zero attached hydrogens (tertiary/aromatic N) is 1.